The number of likely N-dealkylation sites (tertiary alicyclic amines) is 1. The molecule has 3 fully saturated rings. The zero-order valence-electron chi connectivity index (χ0n) is 12.7. The van der Waals surface area contributed by atoms with Crippen molar-refractivity contribution in [1.29, 1.82) is 0 Å². The predicted octanol–water partition coefficient (Wildman–Crippen LogP) is 2.25. The summed E-state index contributed by atoms with van der Waals surface area (Å²) < 4.78 is 5.43. The molecule has 21 heavy (non-hydrogen) atoms. The molecule has 2 unspecified atom stereocenters. The lowest BCUT2D eigenvalue weighted by molar-refractivity contribution is -0.149. The first-order chi connectivity index (χ1) is 10.1. The number of carbonyl (C=O) groups is 1. The molecule has 1 saturated carbocycles. The molecule has 0 bridgehead atoms. The van der Waals surface area contributed by atoms with Crippen molar-refractivity contribution in [2.24, 2.45) is 17.1 Å². The van der Waals surface area contributed by atoms with Crippen LogP contribution in [-0.2, 0) is 9.53 Å². The Morgan fingerprint density at radius 2 is 1.81 bits per heavy atom. The Labute approximate surface area is 132 Å². The Balaban J connectivity index is 1.83. The van der Waals surface area contributed by atoms with Crippen molar-refractivity contribution in [3.8, 4) is 0 Å². The van der Waals surface area contributed by atoms with Crippen LogP contribution in [0.4, 0.5) is 0 Å². The first-order valence-electron chi connectivity index (χ1n) is 8.34. The quantitative estimate of drug-likeness (QED) is 0.795. The Bertz CT molecular complexity index is 419. The lowest BCUT2D eigenvalue weighted by Crippen LogP contribution is -2.59. The second-order valence-electron chi connectivity index (χ2n) is 6.81. The van der Waals surface area contributed by atoms with E-state index in [0.717, 1.165) is 19.4 Å². The Kier molecular flexibility index (Phi) is 4.50. The van der Waals surface area contributed by atoms with Gasteiger partial charge in [-0.3, -0.25) is 4.79 Å². The number of thiocarbonyl (C=S) groups is 1. The molecule has 2 heterocycles. The summed E-state index contributed by atoms with van der Waals surface area (Å²) in [6.45, 7) is 2.06. The predicted molar refractivity (Wildman–Crippen MR) is 86.0 cm³/mol. The molecule has 2 N–H and O–H groups in total. The topological polar surface area (TPSA) is 55.6 Å². The molecule has 2 atom stereocenters. The molecule has 4 nitrogen and oxygen atoms in total. The Hall–Kier alpha value is -0.680. The molecule has 1 amide bonds. The van der Waals surface area contributed by atoms with Gasteiger partial charge in [-0.1, -0.05) is 25.1 Å². The number of nitrogens with zero attached hydrogens (tertiary/aromatic N) is 1. The van der Waals surface area contributed by atoms with Crippen molar-refractivity contribution in [3.63, 3.8) is 0 Å². The van der Waals surface area contributed by atoms with Gasteiger partial charge in [-0.2, -0.15) is 0 Å². The van der Waals surface area contributed by atoms with Crippen LogP contribution in [0.5, 0.6) is 0 Å². The molecule has 0 radical (unpaired) electrons. The van der Waals surface area contributed by atoms with Crippen LogP contribution in [0.3, 0.4) is 0 Å². The molecular weight excluding hydrogens is 284 g/mol. The van der Waals surface area contributed by atoms with E-state index in [1.54, 1.807) is 0 Å². The summed E-state index contributed by atoms with van der Waals surface area (Å²) in [5.74, 6) is 0.884. The molecule has 1 aliphatic carbocycles. The molecule has 0 aromatic carbocycles. The highest BCUT2D eigenvalue weighted by Gasteiger charge is 2.48. The molecule has 0 aromatic heterocycles. The van der Waals surface area contributed by atoms with Gasteiger partial charge < -0.3 is 15.4 Å². The standard InChI is InChI=1S/C16H26N2O2S/c17-14(21)16(7-10-20-11-8-16)15(19)18-9-3-5-12-4-1-2-6-13(12)18/h12-13H,1-11H2,(H2,17,21). The molecule has 0 aromatic rings. The zero-order chi connectivity index (χ0) is 14.9. The van der Waals surface area contributed by atoms with Gasteiger partial charge in [-0.25, -0.2) is 0 Å². The molecular formula is C16H26N2O2S. The van der Waals surface area contributed by atoms with Crippen LogP contribution in [0.15, 0.2) is 0 Å². The van der Waals surface area contributed by atoms with E-state index in [0.29, 0.717) is 43.0 Å². The maximum absolute atomic E-state index is 13.3. The molecule has 3 rings (SSSR count). The minimum atomic E-state index is -0.646. The number of nitrogens with two attached hydrogens (primary N) is 1. The van der Waals surface area contributed by atoms with E-state index in [-0.39, 0.29) is 5.91 Å². The maximum Gasteiger partial charge on any atom is 0.236 e. The zero-order valence-corrected chi connectivity index (χ0v) is 13.5. The monoisotopic (exact) mass is 310 g/mol. The van der Waals surface area contributed by atoms with Crippen LogP contribution < -0.4 is 5.73 Å². The first-order valence-corrected chi connectivity index (χ1v) is 8.75. The SMILES string of the molecule is NC(=S)C1(C(=O)N2CCCC3CCCCC32)CCOCC1. The number of rotatable bonds is 2. The highest BCUT2D eigenvalue weighted by Crippen LogP contribution is 2.40. The average molecular weight is 310 g/mol. The lowest BCUT2D eigenvalue weighted by Gasteiger charge is -2.48. The number of hydrogen-bond acceptors (Lipinski definition) is 3. The first kappa shape index (κ1) is 15.2. The number of ether oxygens (including phenoxy) is 1. The van der Waals surface area contributed by atoms with Gasteiger partial charge in [0.05, 0.1) is 4.99 Å². The van der Waals surface area contributed by atoms with E-state index in [9.17, 15) is 4.79 Å². The van der Waals surface area contributed by atoms with Crippen LogP contribution >= 0.6 is 12.2 Å². The fourth-order valence-electron chi connectivity index (χ4n) is 4.44. The summed E-state index contributed by atoms with van der Waals surface area (Å²) in [4.78, 5) is 15.8. The molecule has 2 saturated heterocycles. The molecule has 118 valence electrons. The lowest BCUT2D eigenvalue weighted by atomic mass is 9.74. The third-order valence-corrected chi connectivity index (χ3v) is 6.12. The molecule has 3 aliphatic rings. The minimum Gasteiger partial charge on any atom is -0.392 e. The summed E-state index contributed by atoms with van der Waals surface area (Å²) >= 11 is 5.29. The van der Waals surface area contributed by atoms with Crippen LogP contribution in [0.2, 0.25) is 0 Å². The van der Waals surface area contributed by atoms with Crippen molar-refractivity contribution in [3.05, 3.63) is 0 Å². The highest BCUT2D eigenvalue weighted by molar-refractivity contribution is 7.80. The molecule has 5 heteroatoms. The van der Waals surface area contributed by atoms with Crippen molar-refractivity contribution >= 4 is 23.1 Å². The van der Waals surface area contributed by atoms with E-state index >= 15 is 0 Å². The second kappa shape index (κ2) is 6.21. The van der Waals surface area contributed by atoms with E-state index in [1.807, 2.05) is 0 Å². The van der Waals surface area contributed by atoms with E-state index < -0.39 is 5.41 Å². The summed E-state index contributed by atoms with van der Waals surface area (Å²) in [6.07, 6.45) is 8.68. The normalized spacial score (nSPS) is 32.3. The third kappa shape index (κ3) is 2.70. The van der Waals surface area contributed by atoms with Crippen molar-refractivity contribution in [2.45, 2.75) is 57.4 Å². The third-order valence-electron chi connectivity index (χ3n) is 5.73. The van der Waals surface area contributed by atoms with Crippen molar-refractivity contribution in [1.82, 2.24) is 4.90 Å². The van der Waals surface area contributed by atoms with Crippen LogP contribution in [0.25, 0.3) is 0 Å². The Morgan fingerprint density at radius 1 is 1.14 bits per heavy atom. The van der Waals surface area contributed by atoms with Crippen LogP contribution in [0.1, 0.15) is 51.4 Å². The van der Waals surface area contributed by atoms with Gasteiger partial charge >= 0.3 is 0 Å². The largest absolute Gasteiger partial charge is 0.392 e. The average Bonchev–Trinajstić information content (AvgIpc) is 2.54. The van der Waals surface area contributed by atoms with Gasteiger partial charge in [-0.15, -0.1) is 0 Å². The van der Waals surface area contributed by atoms with E-state index in [4.69, 9.17) is 22.7 Å². The van der Waals surface area contributed by atoms with Gasteiger partial charge in [0.25, 0.3) is 0 Å². The van der Waals surface area contributed by atoms with Gasteiger partial charge in [0.1, 0.15) is 5.41 Å². The molecule has 2 aliphatic heterocycles. The van der Waals surface area contributed by atoms with Gasteiger partial charge in [0, 0.05) is 25.8 Å². The number of carbonyl (C=O) groups excluding carboxylic acids is 1. The smallest absolute Gasteiger partial charge is 0.236 e. The number of fused-ring (bicyclic) bond motifs is 1. The fraction of sp³-hybridized carbons (Fsp3) is 0.875. The van der Waals surface area contributed by atoms with Gasteiger partial charge in [0.15, 0.2) is 0 Å². The summed E-state index contributed by atoms with van der Waals surface area (Å²) in [7, 11) is 0. The van der Waals surface area contributed by atoms with E-state index in [2.05, 4.69) is 4.90 Å². The Morgan fingerprint density at radius 3 is 2.52 bits per heavy atom. The molecule has 0 spiro atoms. The van der Waals surface area contributed by atoms with Crippen molar-refractivity contribution in [2.75, 3.05) is 19.8 Å². The fourth-order valence-corrected chi connectivity index (χ4v) is 4.73. The van der Waals surface area contributed by atoms with Crippen LogP contribution in [-0.4, -0.2) is 41.6 Å². The maximum atomic E-state index is 13.3. The summed E-state index contributed by atoms with van der Waals surface area (Å²) in [5, 5.41) is 0. The van der Waals surface area contributed by atoms with E-state index in [1.165, 1.54) is 25.7 Å². The highest BCUT2D eigenvalue weighted by atomic mass is 32.1. The summed E-state index contributed by atoms with van der Waals surface area (Å²) in [5.41, 5.74) is 5.36. The van der Waals surface area contributed by atoms with Crippen LogP contribution in [0, 0.1) is 11.3 Å². The van der Waals surface area contributed by atoms with Crippen molar-refractivity contribution < 1.29 is 9.53 Å². The second-order valence-corrected chi connectivity index (χ2v) is 7.25. The number of amides is 1. The number of hydrogen-bond donors (Lipinski definition) is 1. The number of piperidine rings is 1. The minimum absolute atomic E-state index is 0.190. The van der Waals surface area contributed by atoms with Gasteiger partial charge in [0.2, 0.25) is 5.91 Å². The van der Waals surface area contributed by atoms with Gasteiger partial charge in [-0.05, 0) is 44.4 Å². The summed E-state index contributed by atoms with van der Waals surface area (Å²) in [6, 6.07) is 0.425.